The summed E-state index contributed by atoms with van der Waals surface area (Å²) in [4.78, 5) is 9.34. The van der Waals surface area contributed by atoms with E-state index in [-0.39, 0.29) is 0 Å². The molecule has 0 saturated heterocycles. The first kappa shape index (κ1) is 11.7. The lowest BCUT2D eigenvalue weighted by atomic mass is 10.2. The van der Waals surface area contributed by atoms with E-state index in [9.17, 15) is 0 Å². The molecule has 4 rings (SSSR count). The number of benzene rings is 2. The molecule has 21 heavy (non-hydrogen) atoms. The van der Waals surface area contributed by atoms with Crippen LogP contribution in [0.1, 0.15) is 0 Å². The van der Waals surface area contributed by atoms with E-state index in [1.54, 1.807) is 17.2 Å². The van der Waals surface area contributed by atoms with Crippen LogP contribution < -0.4 is 0 Å². The average molecular weight is 273 g/mol. The molecule has 0 N–H and O–H groups in total. The van der Waals surface area contributed by atoms with Crippen LogP contribution in [-0.2, 0) is 0 Å². The molecule has 0 amide bonds. The van der Waals surface area contributed by atoms with Crippen LogP contribution in [-0.4, -0.2) is 24.7 Å². The van der Waals surface area contributed by atoms with E-state index in [0.29, 0.717) is 5.82 Å². The summed E-state index contributed by atoms with van der Waals surface area (Å²) in [7, 11) is 0. The van der Waals surface area contributed by atoms with Gasteiger partial charge in [-0.2, -0.15) is 0 Å². The summed E-state index contributed by atoms with van der Waals surface area (Å²) in [5.41, 5.74) is 1.88. The van der Waals surface area contributed by atoms with E-state index in [4.69, 9.17) is 0 Å². The van der Waals surface area contributed by atoms with Crippen LogP contribution in [0.3, 0.4) is 0 Å². The summed E-state index contributed by atoms with van der Waals surface area (Å²) in [5.74, 6) is 1.47. The summed E-state index contributed by atoms with van der Waals surface area (Å²) >= 11 is 0. The summed E-state index contributed by atoms with van der Waals surface area (Å²) in [5, 5.41) is 8.69. The van der Waals surface area contributed by atoms with Crippen LogP contribution in [0.4, 0.5) is 0 Å². The molecule has 0 aliphatic carbocycles. The van der Waals surface area contributed by atoms with Gasteiger partial charge in [-0.05, 0) is 12.1 Å². The molecular formula is C16H11N5. The Morgan fingerprint density at radius 1 is 0.714 bits per heavy atom. The smallest absolute Gasteiger partial charge is 0.162 e. The third-order valence-corrected chi connectivity index (χ3v) is 3.28. The molecule has 2 aromatic heterocycles. The lowest BCUT2D eigenvalue weighted by Gasteiger charge is -2.08. The molecule has 0 bridgehead atoms. The Bertz CT molecular complexity index is 885. The molecule has 0 aliphatic rings. The molecule has 5 nitrogen and oxygen atoms in total. The molecule has 0 fully saturated rings. The summed E-state index contributed by atoms with van der Waals surface area (Å²) < 4.78 is 1.80. The van der Waals surface area contributed by atoms with E-state index >= 15 is 0 Å². The predicted molar refractivity (Wildman–Crippen MR) is 79.9 cm³/mol. The van der Waals surface area contributed by atoms with Crippen molar-refractivity contribution in [1.29, 1.82) is 0 Å². The Kier molecular flexibility index (Phi) is 2.67. The molecule has 0 radical (unpaired) electrons. The molecule has 5 heteroatoms. The SMILES string of the molecule is c1ccc(-c2nc(-n3cnnc3)c3ccccc3n2)cc1. The van der Waals surface area contributed by atoms with Gasteiger partial charge in [0.25, 0.3) is 0 Å². The second-order valence-corrected chi connectivity index (χ2v) is 4.62. The fraction of sp³-hybridized carbons (Fsp3) is 0. The number of hydrogen-bond donors (Lipinski definition) is 0. The lowest BCUT2D eigenvalue weighted by Crippen LogP contribution is -2.00. The number of aromatic nitrogens is 5. The van der Waals surface area contributed by atoms with E-state index in [1.807, 2.05) is 54.6 Å². The fourth-order valence-corrected chi connectivity index (χ4v) is 2.28. The quantitative estimate of drug-likeness (QED) is 0.563. The first-order chi connectivity index (χ1) is 10.4. The van der Waals surface area contributed by atoms with Crippen molar-refractivity contribution in [2.75, 3.05) is 0 Å². The zero-order valence-electron chi connectivity index (χ0n) is 11.1. The van der Waals surface area contributed by atoms with Gasteiger partial charge >= 0.3 is 0 Å². The highest BCUT2D eigenvalue weighted by atomic mass is 15.3. The van der Waals surface area contributed by atoms with Crippen molar-refractivity contribution in [3.63, 3.8) is 0 Å². The predicted octanol–water partition coefficient (Wildman–Crippen LogP) is 2.88. The molecule has 2 heterocycles. The minimum atomic E-state index is 0.693. The summed E-state index contributed by atoms with van der Waals surface area (Å²) in [6, 6.07) is 17.9. The Balaban J connectivity index is 2.03. The van der Waals surface area contributed by atoms with E-state index < -0.39 is 0 Å². The van der Waals surface area contributed by atoms with E-state index in [1.165, 1.54) is 0 Å². The van der Waals surface area contributed by atoms with Crippen LogP contribution in [0.2, 0.25) is 0 Å². The van der Waals surface area contributed by atoms with Gasteiger partial charge in [-0.15, -0.1) is 10.2 Å². The molecule has 4 aromatic rings. The van der Waals surface area contributed by atoms with Crippen molar-refractivity contribution >= 4 is 10.9 Å². The van der Waals surface area contributed by atoms with Gasteiger partial charge in [0.15, 0.2) is 11.6 Å². The Labute approximate surface area is 120 Å². The van der Waals surface area contributed by atoms with Crippen LogP contribution in [0.5, 0.6) is 0 Å². The molecule has 0 aliphatic heterocycles. The van der Waals surface area contributed by atoms with Gasteiger partial charge in [0.05, 0.1) is 5.52 Å². The molecular weight excluding hydrogens is 262 g/mol. The van der Waals surface area contributed by atoms with Gasteiger partial charge in [-0.25, -0.2) is 9.97 Å². The molecule has 0 atom stereocenters. The van der Waals surface area contributed by atoms with Crippen molar-refractivity contribution in [1.82, 2.24) is 24.7 Å². The number of para-hydroxylation sites is 1. The Morgan fingerprint density at radius 3 is 2.24 bits per heavy atom. The highest BCUT2D eigenvalue weighted by molar-refractivity contribution is 5.86. The van der Waals surface area contributed by atoms with Crippen molar-refractivity contribution in [3.05, 3.63) is 67.3 Å². The Morgan fingerprint density at radius 2 is 1.43 bits per heavy atom. The second-order valence-electron chi connectivity index (χ2n) is 4.62. The largest absolute Gasteiger partial charge is 0.271 e. The number of rotatable bonds is 2. The monoisotopic (exact) mass is 273 g/mol. The van der Waals surface area contributed by atoms with Gasteiger partial charge in [0.1, 0.15) is 12.7 Å². The maximum absolute atomic E-state index is 4.69. The van der Waals surface area contributed by atoms with Crippen LogP contribution in [0.15, 0.2) is 67.3 Å². The van der Waals surface area contributed by atoms with Gasteiger partial charge < -0.3 is 0 Å². The second kappa shape index (κ2) is 4.79. The van der Waals surface area contributed by atoms with Crippen LogP contribution in [0.25, 0.3) is 28.1 Å². The highest BCUT2D eigenvalue weighted by Gasteiger charge is 2.10. The number of nitrogens with zero attached hydrogens (tertiary/aromatic N) is 5. The van der Waals surface area contributed by atoms with Gasteiger partial charge in [0, 0.05) is 10.9 Å². The maximum Gasteiger partial charge on any atom is 0.162 e. The first-order valence-corrected chi connectivity index (χ1v) is 6.59. The topological polar surface area (TPSA) is 56.5 Å². The zero-order chi connectivity index (χ0) is 14.1. The fourth-order valence-electron chi connectivity index (χ4n) is 2.28. The number of hydrogen-bond acceptors (Lipinski definition) is 4. The molecule has 0 saturated carbocycles. The molecule has 2 aromatic carbocycles. The average Bonchev–Trinajstić information content (AvgIpc) is 3.09. The summed E-state index contributed by atoms with van der Waals surface area (Å²) in [6.07, 6.45) is 3.28. The van der Waals surface area contributed by atoms with Crippen molar-refractivity contribution in [2.24, 2.45) is 0 Å². The third kappa shape index (κ3) is 2.04. The van der Waals surface area contributed by atoms with Crippen molar-refractivity contribution in [2.45, 2.75) is 0 Å². The first-order valence-electron chi connectivity index (χ1n) is 6.59. The van der Waals surface area contributed by atoms with Gasteiger partial charge in [-0.1, -0.05) is 42.5 Å². The number of fused-ring (bicyclic) bond motifs is 1. The van der Waals surface area contributed by atoms with E-state index in [2.05, 4.69) is 20.2 Å². The minimum absolute atomic E-state index is 0.693. The third-order valence-electron chi connectivity index (χ3n) is 3.28. The zero-order valence-corrected chi connectivity index (χ0v) is 11.1. The summed E-state index contributed by atoms with van der Waals surface area (Å²) in [6.45, 7) is 0. The van der Waals surface area contributed by atoms with Crippen molar-refractivity contribution < 1.29 is 0 Å². The lowest BCUT2D eigenvalue weighted by molar-refractivity contribution is 0.995. The van der Waals surface area contributed by atoms with Crippen LogP contribution >= 0.6 is 0 Å². The molecule has 100 valence electrons. The van der Waals surface area contributed by atoms with E-state index in [0.717, 1.165) is 22.3 Å². The Hall–Kier alpha value is -3.08. The van der Waals surface area contributed by atoms with Gasteiger partial charge in [0.2, 0.25) is 0 Å². The van der Waals surface area contributed by atoms with Gasteiger partial charge in [-0.3, -0.25) is 4.57 Å². The standard InChI is InChI=1S/C16H11N5/c1-2-6-12(7-3-1)15-19-14-9-5-4-8-13(14)16(20-15)21-10-17-18-11-21/h1-11H. The highest BCUT2D eigenvalue weighted by Crippen LogP contribution is 2.23. The minimum Gasteiger partial charge on any atom is -0.271 e. The molecule has 0 unspecified atom stereocenters. The normalized spacial score (nSPS) is 10.9. The maximum atomic E-state index is 4.69. The van der Waals surface area contributed by atoms with Crippen LogP contribution in [0, 0.1) is 0 Å². The molecule has 0 spiro atoms. The van der Waals surface area contributed by atoms with Crippen molar-refractivity contribution in [3.8, 4) is 17.2 Å².